The lowest BCUT2D eigenvalue weighted by Crippen LogP contribution is -2.50. The Morgan fingerprint density at radius 3 is 2.82 bits per heavy atom. The van der Waals surface area contributed by atoms with Crippen molar-refractivity contribution in [1.82, 2.24) is 10.2 Å². The maximum Gasteiger partial charge on any atom is 0.0277 e. The van der Waals surface area contributed by atoms with Crippen LogP contribution in [-0.4, -0.2) is 47.6 Å². The number of rotatable bonds is 6. The Morgan fingerprint density at radius 2 is 2.18 bits per heavy atom. The molecule has 1 aliphatic rings. The van der Waals surface area contributed by atoms with Gasteiger partial charge in [0.2, 0.25) is 0 Å². The summed E-state index contributed by atoms with van der Waals surface area (Å²) in [5.74, 6) is 2.56. The molecule has 0 bridgehead atoms. The van der Waals surface area contributed by atoms with E-state index in [1.54, 1.807) is 0 Å². The van der Waals surface area contributed by atoms with Gasteiger partial charge in [-0.3, -0.25) is 4.90 Å². The lowest BCUT2D eigenvalue weighted by atomic mass is 9.98. The molecule has 102 valence electrons. The molecule has 2 unspecified atom stereocenters. The molecule has 0 aromatic carbocycles. The van der Waals surface area contributed by atoms with E-state index < -0.39 is 0 Å². The van der Waals surface area contributed by atoms with E-state index in [1.807, 2.05) is 0 Å². The third-order valence-corrected chi connectivity index (χ3v) is 4.95. The Balaban J connectivity index is 2.44. The van der Waals surface area contributed by atoms with Crippen LogP contribution in [0, 0.1) is 0 Å². The lowest BCUT2D eigenvalue weighted by molar-refractivity contribution is 0.166. The van der Waals surface area contributed by atoms with Crippen molar-refractivity contribution >= 4 is 11.8 Å². The highest BCUT2D eigenvalue weighted by Crippen LogP contribution is 2.19. The van der Waals surface area contributed by atoms with Crippen LogP contribution >= 0.6 is 11.8 Å². The van der Waals surface area contributed by atoms with Crippen molar-refractivity contribution in [2.24, 2.45) is 0 Å². The second-order valence-corrected chi connectivity index (χ2v) is 6.89. The van der Waals surface area contributed by atoms with E-state index in [1.165, 1.54) is 50.4 Å². The first-order valence-electron chi connectivity index (χ1n) is 7.18. The highest BCUT2D eigenvalue weighted by Gasteiger charge is 2.28. The Hall–Kier alpha value is 0.270. The van der Waals surface area contributed by atoms with Crippen LogP contribution in [0.15, 0.2) is 0 Å². The van der Waals surface area contributed by atoms with E-state index in [4.69, 9.17) is 0 Å². The van der Waals surface area contributed by atoms with Gasteiger partial charge in [0.05, 0.1) is 0 Å². The molecule has 1 fully saturated rings. The Kier molecular flexibility index (Phi) is 6.90. The molecule has 1 rings (SSSR count). The van der Waals surface area contributed by atoms with Crippen molar-refractivity contribution in [3.05, 3.63) is 0 Å². The van der Waals surface area contributed by atoms with E-state index >= 15 is 0 Å². The maximum absolute atomic E-state index is 3.71. The van der Waals surface area contributed by atoms with Gasteiger partial charge < -0.3 is 5.32 Å². The molecule has 0 aliphatic carbocycles. The van der Waals surface area contributed by atoms with E-state index in [0.717, 1.165) is 6.04 Å². The molecule has 2 atom stereocenters. The molecule has 0 amide bonds. The van der Waals surface area contributed by atoms with Gasteiger partial charge in [-0.15, -0.1) is 0 Å². The Bertz CT molecular complexity index is 210. The molecule has 2 nitrogen and oxygen atoms in total. The van der Waals surface area contributed by atoms with E-state index in [9.17, 15) is 0 Å². The zero-order valence-electron chi connectivity index (χ0n) is 12.1. The minimum Gasteiger partial charge on any atom is -0.310 e. The second-order valence-electron chi connectivity index (χ2n) is 5.50. The predicted molar refractivity (Wildman–Crippen MR) is 80.0 cm³/mol. The fourth-order valence-corrected chi connectivity index (χ4v) is 3.25. The SMILES string of the molecule is CCSCCC(C)N1CCCNC(C)(CC)C1. The smallest absolute Gasteiger partial charge is 0.0277 e. The molecule has 3 heteroatoms. The largest absolute Gasteiger partial charge is 0.310 e. The molecule has 0 spiro atoms. The summed E-state index contributed by atoms with van der Waals surface area (Å²) in [6, 6.07) is 0.736. The van der Waals surface area contributed by atoms with Crippen LogP contribution in [0.2, 0.25) is 0 Å². The molecule has 1 aliphatic heterocycles. The van der Waals surface area contributed by atoms with Gasteiger partial charge in [-0.1, -0.05) is 13.8 Å². The summed E-state index contributed by atoms with van der Waals surface area (Å²) >= 11 is 2.07. The molecule has 0 radical (unpaired) electrons. The van der Waals surface area contributed by atoms with Crippen LogP contribution < -0.4 is 5.32 Å². The van der Waals surface area contributed by atoms with Crippen molar-refractivity contribution in [3.63, 3.8) is 0 Å². The topological polar surface area (TPSA) is 15.3 Å². The van der Waals surface area contributed by atoms with Gasteiger partial charge in [0.15, 0.2) is 0 Å². The average Bonchev–Trinajstić information content (AvgIpc) is 2.52. The highest BCUT2D eigenvalue weighted by molar-refractivity contribution is 7.99. The normalized spacial score (nSPS) is 28.9. The zero-order valence-corrected chi connectivity index (χ0v) is 12.9. The molecule has 1 saturated heterocycles. The van der Waals surface area contributed by atoms with Crippen molar-refractivity contribution in [2.45, 2.75) is 58.5 Å². The van der Waals surface area contributed by atoms with Gasteiger partial charge in [-0.05, 0) is 57.7 Å². The number of hydrogen-bond donors (Lipinski definition) is 1. The third-order valence-electron chi connectivity index (χ3n) is 4.01. The van der Waals surface area contributed by atoms with Crippen LogP contribution in [0.5, 0.6) is 0 Å². The van der Waals surface area contributed by atoms with Gasteiger partial charge in [-0.2, -0.15) is 11.8 Å². The fourth-order valence-electron chi connectivity index (χ4n) is 2.45. The summed E-state index contributed by atoms with van der Waals surface area (Å²) in [4.78, 5) is 2.69. The number of nitrogens with zero attached hydrogens (tertiary/aromatic N) is 1. The van der Waals surface area contributed by atoms with E-state index in [-0.39, 0.29) is 0 Å². The van der Waals surface area contributed by atoms with Crippen LogP contribution in [-0.2, 0) is 0 Å². The van der Waals surface area contributed by atoms with Gasteiger partial charge in [-0.25, -0.2) is 0 Å². The van der Waals surface area contributed by atoms with Crippen LogP contribution in [0.4, 0.5) is 0 Å². The number of thioether (sulfide) groups is 1. The number of hydrogen-bond acceptors (Lipinski definition) is 3. The molecule has 0 saturated carbocycles. The molecule has 1 heterocycles. The standard InChI is InChI=1S/C14H30N2S/c1-5-14(4)12-16(10-7-9-15-14)13(3)8-11-17-6-2/h13,15H,5-12H2,1-4H3. The predicted octanol–water partition coefficient (Wildman–Crippen LogP) is 2.98. The quantitative estimate of drug-likeness (QED) is 0.737. The van der Waals surface area contributed by atoms with Crippen LogP contribution in [0.1, 0.15) is 47.0 Å². The maximum atomic E-state index is 3.71. The molecular weight excluding hydrogens is 228 g/mol. The molecule has 1 N–H and O–H groups in total. The first kappa shape index (κ1) is 15.3. The second kappa shape index (κ2) is 7.65. The first-order chi connectivity index (χ1) is 8.11. The first-order valence-corrected chi connectivity index (χ1v) is 8.33. The van der Waals surface area contributed by atoms with Crippen molar-refractivity contribution in [3.8, 4) is 0 Å². The summed E-state index contributed by atoms with van der Waals surface area (Å²) < 4.78 is 0. The fraction of sp³-hybridized carbons (Fsp3) is 1.00. The summed E-state index contributed by atoms with van der Waals surface area (Å²) in [6.45, 7) is 13.0. The highest BCUT2D eigenvalue weighted by atomic mass is 32.2. The summed E-state index contributed by atoms with van der Waals surface area (Å²) in [7, 11) is 0. The minimum absolute atomic E-state index is 0.322. The van der Waals surface area contributed by atoms with Gasteiger partial charge in [0, 0.05) is 18.1 Å². The number of nitrogens with one attached hydrogen (secondary N) is 1. The summed E-state index contributed by atoms with van der Waals surface area (Å²) in [5.41, 5.74) is 0.322. The van der Waals surface area contributed by atoms with Crippen molar-refractivity contribution < 1.29 is 0 Å². The zero-order chi connectivity index (χ0) is 12.7. The van der Waals surface area contributed by atoms with Gasteiger partial charge in [0.1, 0.15) is 0 Å². The van der Waals surface area contributed by atoms with Gasteiger partial charge in [0.25, 0.3) is 0 Å². The minimum atomic E-state index is 0.322. The molecule has 17 heavy (non-hydrogen) atoms. The van der Waals surface area contributed by atoms with Crippen LogP contribution in [0.25, 0.3) is 0 Å². The van der Waals surface area contributed by atoms with Gasteiger partial charge >= 0.3 is 0 Å². The Labute approximate surface area is 112 Å². The van der Waals surface area contributed by atoms with Crippen molar-refractivity contribution in [2.75, 3.05) is 31.1 Å². The Morgan fingerprint density at radius 1 is 1.41 bits per heavy atom. The average molecular weight is 258 g/mol. The summed E-state index contributed by atoms with van der Waals surface area (Å²) in [6.07, 6.45) is 3.85. The van der Waals surface area contributed by atoms with Crippen molar-refractivity contribution in [1.29, 1.82) is 0 Å². The molecule has 0 aromatic rings. The molecular formula is C14H30N2S. The third kappa shape index (κ3) is 5.19. The van der Waals surface area contributed by atoms with E-state index in [2.05, 4.69) is 49.7 Å². The monoisotopic (exact) mass is 258 g/mol. The molecule has 0 aromatic heterocycles. The summed E-state index contributed by atoms with van der Waals surface area (Å²) in [5, 5.41) is 3.71. The lowest BCUT2D eigenvalue weighted by Gasteiger charge is -2.36. The van der Waals surface area contributed by atoms with E-state index in [0.29, 0.717) is 5.54 Å². The van der Waals surface area contributed by atoms with Crippen LogP contribution in [0.3, 0.4) is 0 Å².